The third kappa shape index (κ3) is 6.33. The monoisotopic (exact) mass is 280 g/mol. The van der Waals surface area contributed by atoms with E-state index >= 15 is 0 Å². The van der Waals surface area contributed by atoms with Gasteiger partial charge in [0.1, 0.15) is 18.8 Å². The van der Waals surface area contributed by atoms with Crippen molar-refractivity contribution in [2.75, 3.05) is 13.2 Å². The maximum absolute atomic E-state index is 10.9. The fraction of sp³-hybridized carbons (Fsp3) is 0.467. The van der Waals surface area contributed by atoms with E-state index in [4.69, 9.17) is 14.2 Å². The van der Waals surface area contributed by atoms with Crippen LogP contribution in [0, 0.1) is 0 Å². The van der Waals surface area contributed by atoms with Gasteiger partial charge < -0.3 is 14.2 Å². The average Bonchev–Trinajstić information content (AvgIpc) is 2.42. The van der Waals surface area contributed by atoms with Gasteiger partial charge in [0.05, 0.1) is 6.61 Å². The van der Waals surface area contributed by atoms with Gasteiger partial charge in [0, 0.05) is 13.8 Å². The summed E-state index contributed by atoms with van der Waals surface area (Å²) in [5.74, 6) is -0.801. The highest BCUT2D eigenvalue weighted by Gasteiger charge is 2.28. The molecule has 0 saturated heterocycles. The highest BCUT2D eigenvalue weighted by molar-refractivity contribution is 5.66. The van der Waals surface area contributed by atoms with Gasteiger partial charge >= 0.3 is 11.9 Å². The number of ether oxygens (including phenoxy) is 3. The highest BCUT2D eigenvalue weighted by atomic mass is 16.6. The minimum Gasteiger partial charge on any atom is -0.463 e. The Labute approximate surface area is 118 Å². The van der Waals surface area contributed by atoms with Crippen LogP contribution in [-0.4, -0.2) is 30.8 Å². The van der Waals surface area contributed by atoms with Gasteiger partial charge in [0.15, 0.2) is 0 Å². The molecule has 0 atom stereocenters. The molecule has 0 aliphatic heterocycles. The Balaban J connectivity index is 2.60. The van der Waals surface area contributed by atoms with Crippen molar-refractivity contribution in [3.8, 4) is 0 Å². The summed E-state index contributed by atoms with van der Waals surface area (Å²) < 4.78 is 15.7. The molecule has 0 radical (unpaired) electrons. The van der Waals surface area contributed by atoms with E-state index in [-0.39, 0.29) is 13.2 Å². The third-order valence-electron chi connectivity index (χ3n) is 2.59. The van der Waals surface area contributed by atoms with Gasteiger partial charge in [-0.05, 0) is 12.5 Å². The summed E-state index contributed by atoms with van der Waals surface area (Å²) >= 11 is 0. The van der Waals surface area contributed by atoms with Crippen LogP contribution in [0.4, 0.5) is 0 Å². The lowest BCUT2D eigenvalue weighted by Gasteiger charge is -2.28. The normalized spacial score (nSPS) is 10.9. The lowest BCUT2D eigenvalue weighted by molar-refractivity contribution is -0.168. The summed E-state index contributed by atoms with van der Waals surface area (Å²) in [6.45, 7) is 4.79. The molecule has 0 fully saturated rings. The van der Waals surface area contributed by atoms with Gasteiger partial charge in [-0.2, -0.15) is 0 Å². The zero-order valence-electron chi connectivity index (χ0n) is 12.0. The summed E-state index contributed by atoms with van der Waals surface area (Å²) in [6.07, 6.45) is 0. The highest BCUT2D eigenvalue weighted by Crippen LogP contribution is 2.15. The average molecular weight is 280 g/mol. The molecule has 0 aromatic heterocycles. The van der Waals surface area contributed by atoms with Crippen molar-refractivity contribution in [1.82, 2.24) is 0 Å². The molecule has 0 N–H and O–H groups in total. The van der Waals surface area contributed by atoms with Crippen LogP contribution in [0.15, 0.2) is 30.3 Å². The molecule has 0 unspecified atom stereocenters. The topological polar surface area (TPSA) is 61.8 Å². The Morgan fingerprint density at radius 1 is 1.00 bits per heavy atom. The molecular weight excluding hydrogens is 260 g/mol. The first kappa shape index (κ1) is 16.2. The van der Waals surface area contributed by atoms with E-state index in [1.54, 1.807) is 6.92 Å². The van der Waals surface area contributed by atoms with Crippen molar-refractivity contribution in [3.63, 3.8) is 0 Å². The van der Waals surface area contributed by atoms with Crippen molar-refractivity contribution in [1.29, 1.82) is 0 Å². The number of hydrogen-bond donors (Lipinski definition) is 0. The summed E-state index contributed by atoms with van der Waals surface area (Å²) in [4.78, 5) is 21.8. The first-order valence-electron chi connectivity index (χ1n) is 6.36. The number of hydrogen-bond acceptors (Lipinski definition) is 5. The third-order valence-corrected chi connectivity index (χ3v) is 2.59. The molecule has 0 aliphatic rings. The Morgan fingerprint density at radius 2 is 1.50 bits per heavy atom. The lowest BCUT2D eigenvalue weighted by atomic mass is 10.1. The van der Waals surface area contributed by atoms with Crippen molar-refractivity contribution < 1.29 is 23.8 Å². The molecule has 0 spiro atoms. The minimum absolute atomic E-state index is 0.0302. The van der Waals surface area contributed by atoms with E-state index in [2.05, 4.69) is 0 Å². The van der Waals surface area contributed by atoms with Crippen molar-refractivity contribution in [3.05, 3.63) is 35.9 Å². The summed E-state index contributed by atoms with van der Waals surface area (Å²) in [5.41, 5.74) is 0.122. The van der Waals surface area contributed by atoms with E-state index in [9.17, 15) is 9.59 Å². The fourth-order valence-electron chi connectivity index (χ4n) is 1.47. The quantitative estimate of drug-likeness (QED) is 0.716. The molecule has 0 bridgehead atoms. The van der Waals surface area contributed by atoms with Crippen molar-refractivity contribution in [2.24, 2.45) is 0 Å². The van der Waals surface area contributed by atoms with Crippen molar-refractivity contribution in [2.45, 2.75) is 33.0 Å². The standard InChI is InChI=1S/C15H20O5/c1-12(16)18-10-15(3,11-19-13(2)17)20-9-14-7-5-4-6-8-14/h4-8H,9-11H2,1-3H3. The van der Waals surface area contributed by atoms with E-state index in [0.29, 0.717) is 6.61 Å². The zero-order valence-corrected chi connectivity index (χ0v) is 12.0. The van der Waals surface area contributed by atoms with Gasteiger partial charge in [-0.15, -0.1) is 0 Å². The number of rotatable bonds is 7. The summed E-state index contributed by atoms with van der Waals surface area (Å²) in [6, 6.07) is 9.60. The molecule has 1 aromatic rings. The molecule has 0 heterocycles. The number of carbonyl (C=O) groups excluding carboxylic acids is 2. The molecule has 0 saturated carbocycles. The largest absolute Gasteiger partial charge is 0.463 e. The van der Waals surface area contributed by atoms with Gasteiger partial charge in [-0.3, -0.25) is 9.59 Å². The lowest BCUT2D eigenvalue weighted by Crippen LogP contribution is -2.40. The van der Waals surface area contributed by atoms with Crippen LogP contribution >= 0.6 is 0 Å². The Kier molecular flexibility index (Phi) is 6.18. The van der Waals surface area contributed by atoms with E-state index in [1.165, 1.54) is 13.8 Å². The van der Waals surface area contributed by atoms with Crippen LogP contribution in [0.1, 0.15) is 26.3 Å². The smallest absolute Gasteiger partial charge is 0.302 e. The van der Waals surface area contributed by atoms with Gasteiger partial charge in [0.2, 0.25) is 0 Å². The second kappa shape index (κ2) is 7.65. The molecule has 1 rings (SSSR count). The van der Waals surface area contributed by atoms with Crippen molar-refractivity contribution >= 4 is 11.9 Å². The maximum atomic E-state index is 10.9. The van der Waals surface area contributed by atoms with Gasteiger partial charge in [0.25, 0.3) is 0 Å². The molecule has 0 amide bonds. The number of benzene rings is 1. The van der Waals surface area contributed by atoms with E-state index < -0.39 is 17.5 Å². The van der Waals surface area contributed by atoms with Crippen LogP contribution in [0.25, 0.3) is 0 Å². The fourth-order valence-corrected chi connectivity index (χ4v) is 1.47. The maximum Gasteiger partial charge on any atom is 0.302 e. The molecule has 20 heavy (non-hydrogen) atoms. The number of carbonyl (C=O) groups is 2. The number of esters is 2. The second-order valence-electron chi connectivity index (χ2n) is 4.78. The molecule has 110 valence electrons. The second-order valence-corrected chi connectivity index (χ2v) is 4.78. The van der Waals surface area contributed by atoms with Crippen LogP contribution in [-0.2, 0) is 30.4 Å². The van der Waals surface area contributed by atoms with Crippen LogP contribution in [0.2, 0.25) is 0 Å². The van der Waals surface area contributed by atoms with Gasteiger partial charge in [-0.25, -0.2) is 0 Å². The van der Waals surface area contributed by atoms with Crippen LogP contribution in [0.3, 0.4) is 0 Å². The predicted molar refractivity (Wildman–Crippen MR) is 72.9 cm³/mol. The molecule has 0 aliphatic carbocycles. The Bertz CT molecular complexity index is 423. The molecule has 5 heteroatoms. The summed E-state index contributed by atoms with van der Waals surface area (Å²) in [7, 11) is 0. The molecule has 1 aromatic carbocycles. The molecular formula is C15H20O5. The van der Waals surface area contributed by atoms with Gasteiger partial charge in [-0.1, -0.05) is 30.3 Å². The Hall–Kier alpha value is -1.88. The molecule has 5 nitrogen and oxygen atoms in total. The minimum atomic E-state index is -0.868. The predicted octanol–water partition coefficient (Wildman–Crippen LogP) is 2.09. The van der Waals surface area contributed by atoms with Crippen LogP contribution in [0.5, 0.6) is 0 Å². The Morgan fingerprint density at radius 3 is 1.95 bits per heavy atom. The zero-order chi connectivity index (χ0) is 15.0. The van der Waals surface area contributed by atoms with Crippen LogP contribution < -0.4 is 0 Å². The first-order valence-corrected chi connectivity index (χ1v) is 6.36. The van der Waals surface area contributed by atoms with E-state index in [1.807, 2.05) is 30.3 Å². The SMILES string of the molecule is CC(=O)OCC(C)(COC(C)=O)OCc1ccccc1. The summed E-state index contributed by atoms with van der Waals surface area (Å²) in [5, 5.41) is 0. The van der Waals surface area contributed by atoms with E-state index in [0.717, 1.165) is 5.56 Å². The first-order chi connectivity index (χ1) is 9.41.